The topological polar surface area (TPSA) is 49.2 Å². The molecule has 0 bridgehead atoms. The minimum absolute atomic E-state index is 0.0889. The molecule has 2 atom stereocenters. The van der Waals surface area contributed by atoms with Crippen LogP contribution in [0.1, 0.15) is 60.1 Å². The fraction of sp³-hybridized carbons (Fsp3) is 0.344. The summed E-state index contributed by atoms with van der Waals surface area (Å²) >= 11 is 13.0. The highest BCUT2D eigenvalue weighted by Crippen LogP contribution is 2.45. The van der Waals surface area contributed by atoms with Crippen molar-refractivity contribution in [1.29, 1.82) is 0 Å². The van der Waals surface area contributed by atoms with Crippen LogP contribution in [0.5, 0.6) is 0 Å². The van der Waals surface area contributed by atoms with Crippen LogP contribution in [0.15, 0.2) is 73.2 Å². The summed E-state index contributed by atoms with van der Waals surface area (Å²) in [6, 6.07) is 18.6. The molecule has 0 unspecified atom stereocenters. The molecule has 3 aromatic heterocycles. The van der Waals surface area contributed by atoms with E-state index < -0.39 is 0 Å². The van der Waals surface area contributed by atoms with Gasteiger partial charge in [-0.25, -0.2) is 0 Å². The Morgan fingerprint density at radius 1 is 1.02 bits per heavy atom. The lowest BCUT2D eigenvalue weighted by atomic mass is 9.96. The second kappa shape index (κ2) is 11.2. The molecule has 0 aliphatic carbocycles. The van der Waals surface area contributed by atoms with Crippen LogP contribution in [0, 0.1) is 19.8 Å². The van der Waals surface area contributed by atoms with E-state index in [4.69, 9.17) is 28.8 Å². The molecule has 2 saturated heterocycles. The summed E-state index contributed by atoms with van der Waals surface area (Å²) in [4.78, 5) is 13.7. The molecule has 8 heteroatoms. The lowest BCUT2D eigenvalue weighted by Crippen LogP contribution is -2.33. The monoisotopic (exact) mass is 570 g/mol. The second-order valence-electron chi connectivity index (χ2n) is 11.1. The zero-order chi connectivity index (χ0) is 27.8. The van der Waals surface area contributed by atoms with Gasteiger partial charge in [-0.1, -0.05) is 30.7 Å². The van der Waals surface area contributed by atoms with Gasteiger partial charge in [0.1, 0.15) is 0 Å². The fourth-order valence-electron chi connectivity index (χ4n) is 6.15. The number of pyridine rings is 2. The number of benzene rings is 1. The molecular weight excluding hydrogens is 536 g/mol. The summed E-state index contributed by atoms with van der Waals surface area (Å²) in [7, 11) is 0. The predicted molar refractivity (Wildman–Crippen MR) is 167 cm³/mol. The van der Waals surface area contributed by atoms with Crippen LogP contribution in [-0.2, 0) is 6.54 Å². The molecule has 0 amide bonds. The highest BCUT2D eigenvalue weighted by Gasteiger charge is 2.42. The summed E-state index contributed by atoms with van der Waals surface area (Å²) in [6.07, 6.45) is 7.98. The molecule has 1 aromatic carbocycles. The highest BCUT2D eigenvalue weighted by molar-refractivity contribution is 7.80. The lowest BCUT2D eigenvalue weighted by molar-refractivity contribution is 0.438. The molecule has 6 nitrogen and oxygen atoms in total. The second-order valence-corrected chi connectivity index (χ2v) is 11.9. The first-order valence-corrected chi connectivity index (χ1v) is 14.8. The summed E-state index contributed by atoms with van der Waals surface area (Å²) in [6.45, 7) is 9.53. The van der Waals surface area contributed by atoms with Gasteiger partial charge in [-0.15, -0.1) is 0 Å². The minimum atomic E-state index is -0.108. The average Bonchev–Trinajstić information content (AvgIpc) is 3.45. The van der Waals surface area contributed by atoms with E-state index in [0.29, 0.717) is 5.11 Å². The van der Waals surface area contributed by atoms with Gasteiger partial charge in [0.05, 0.1) is 28.5 Å². The molecule has 0 saturated carbocycles. The Morgan fingerprint density at radius 2 is 1.85 bits per heavy atom. The van der Waals surface area contributed by atoms with Crippen LogP contribution in [0.3, 0.4) is 0 Å². The number of thiocarbonyl (C=S) groups is 1. The molecule has 0 spiro atoms. The number of anilines is 2. The van der Waals surface area contributed by atoms with Crippen molar-refractivity contribution in [2.75, 3.05) is 22.9 Å². The van der Waals surface area contributed by atoms with Gasteiger partial charge in [0.15, 0.2) is 5.11 Å². The smallest absolute Gasteiger partial charge is 0.174 e. The normalized spacial score (nSPS) is 19.8. The first-order valence-electron chi connectivity index (χ1n) is 14.0. The maximum atomic E-state index is 6.97. The van der Waals surface area contributed by atoms with Gasteiger partial charge >= 0.3 is 0 Å². The van der Waals surface area contributed by atoms with Gasteiger partial charge in [0.25, 0.3) is 0 Å². The number of aromatic nitrogens is 3. The van der Waals surface area contributed by atoms with Gasteiger partial charge in [-0.05, 0) is 98.4 Å². The lowest BCUT2D eigenvalue weighted by Gasteiger charge is -2.33. The largest absolute Gasteiger partial charge is 0.370 e. The number of nitrogens with zero attached hydrogens (tertiary/aromatic N) is 5. The molecule has 206 valence electrons. The van der Waals surface area contributed by atoms with E-state index in [1.54, 1.807) is 0 Å². The van der Waals surface area contributed by atoms with E-state index in [1.807, 2.05) is 36.8 Å². The van der Waals surface area contributed by atoms with Crippen molar-refractivity contribution in [1.82, 2.24) is 19.9 Å². The third-order valence-electron chi connectivity index (χ3n) is 8.43. The number of piperidine rings is 1. The van der Waals surface area contributed by atoms with E-state index in [1.165, 1.54) is 35.4 Å². The number of nitrogens with one attached hydrogen (secondary N) is 1. The summed E-state index contributed by atoms with van der Waals surface area (Å²) < 4.78 is 2.36. The molecule has 2 fully saturated rings. The van der Waals surface area contributed by atoms with E-state index in [2.05, 4.69) is 81.8 Å². The number of hydrogen-bond acceptors (Lipinski definition) is 4. The van der Waals surface area contributed by atoms with Gasteiger partial charge in [0, 0.05) is 55.3 Å². The Labute approximate surface area is 247 Å². The van der Waals surface area contributed by atoms with Crippen molar-refractivity contribution in [3.63, 3.8) is 0 Å². The third kappa shape index (κ3) is 5.08. The number of aryl methyl sites for hydroxylation is 1. The zero-order valence-electron chi connectivity index (χ0n) is 23.2. The van der Waals surface area contributed by atoms with E-state index in [0.717, 1.165) is 47.6 Å². The highest BCUT2D eigenvalue weighted by atomic mass is 35.5. The van der Waals surface area contributed by atoms with Gasteiger partial charge in [0.2, 0.25) is 0 Å². The molecule has 2 aliphatic rings. The standard InChI is InChI=1S/C32H35ClN6S/c1-21-11-15-37(16-12-21)29-10-9-25(18-27(29)33)39-31(30(36-32(39)40)28-8-4-5-14-35-28)26-17-22(2)38(23(26)3)20-24-7-6-13-34-19-24/h4-10,13-14,17-19,21,30-31H,11-12,15-16,20H2,1-3H3,(H,36,40)/t30-,31+/m0/s1. The molecule has 4 aromatic rings. The van der Waals surface area contributed by atoms with Crippen LogP contribution in [0.2, 0.25) is 5.02 Å². The SMILES string of the molecule is Cc1cc([C@@H]2[C@H](c3ccccn3)NC(=S)N2c2ccc(N3CCC(C)CC3)c(Cl)c2)c(C)n1Cc1cccnc1. The Hall–Kier alpha value is -3.42. The van der Waals surface area contributed by atoms with Crippen molar-refractivity contribution in [3.05, 3.63) is 106 Å². The van der Waals surface area contributed by atoms with E-state index >= 15 is 0 Å². The Balaban J connectivity index is 1.40. The van der Waals surface area contributed by atoms with Crippen molar-refractivity contribution in [3.8, 4) is 0 Å². The van der Waals surface area contributed by atoms with Crippen LogP contribution in [0.25, 0.3) is 0 Å². The molecule has 6 rings (SSSR count). The first kappa shape index (κ1) is 26.8. The molecule has 1 N–H and O–H groups in total. The van der Waals surface area contributed by atoms with Gasteiger partial charge in [-0.3, -0.25) is 9.97 Å². The van der Waals surface area contributed by atoms with Crippen molar-refractivity contribution in [2.24, 2.45) is 5.92 Å². The maximum absolute atomic E-state index is 6.97. The number of rotatable bonds is 6. The fourth-order valence-corrected chi connectivity index (χ4v) is 6.79. The average molecular weight is 571 g/mol. The Morgan fingerprint density at radius 3 is 2.55 bits per heavy atom. The van der Waals surface area contributed by atoms with Crippen LogP contribution >= 0.6 is 23.8 Å². The summed E-state index contributed by atoms with van der Waals surface area (Å²) in [5.74, 6) is 0.767. The molecule has 5 heterocycles. The first-order chi connectivity index (χ1) is 19.4. The summed E-state index contributed by atoms with van der Waals surface area (Å²) in [5.41, 5.74) is 7.83. The molecule has 0 radical (unpaired) electrons. The van der Waals surface area contributed by atoms with E-state index in [9.17, 15) is 0 Å². The number of halogens is 1. The van der Waals surface area contributed by atoms with E-state index in [-0.39, 0.29) is 12.1 Å². The van der Waals surface area contributed by atoms with Crippen LogP contribution in [0.4, 0.5) is 11.4 Å². The van der Waals surface area contributed by atoms with Crippen LogP contribution < -0.4 is 15.1 Å². The van der Waals surface area contributed by atoms with Crippen molar-refractivity contribution < 1.29 is 0 Å². The quantitative estimate of drug-likeness (QED) is 0.252. The predicted octanol–water partition coefficient (Wildman–Crippen LogP) is 7.01. The number of hydrogen-bond donors (Lipinski definition) is 1. The van der Waals surface area contributed by atoms with Crippen molar-refractivity contribution in [2.45, 2.75) is 52.2 Å². The van der Waals surface area contributed by atoms with Crippen LogP contribution in [-0.4, -0.2) is 32.7 Å². The zero-order valence-corrected chi connectivity index (χ0v) is 24.8. The maximum Gasteiger partial charge on any atom is 0.174 e. The molecular formula is C32H35ClN6S. The Kier molecular flexibility index (Phi) is 7.51. The Bertz CT molecular complexity index is 1500. The molecule has 2 aliphatic heterocycles. The third-order valence-corrected chi connectivity index (χ3v) is 9.04. The molecule has 40 heavy (non-hydrogen) atoms. The van der Waals surface area contributed by atoms with Gasteiger partial charge in [-0.2, -0.15) is 0 Å². The van der Waals surface area contributed by atoms with Crippen molar-refractivity contribution >= 4 is 40.3 Å². The minimum Gasteiger partial charge on any atom is -0.370 e. The van der Waals surface area contributed by atoms with Gasteiger partial charge < -0.3 is 19.7 Å². The summed E-state index contributed by atoms with van der Waals surface area (Å²) in [5, 5.41) is 5.03.